The van der Waals surface area contributed by atoms with Crippen molar-refractivity contribution in [2.45, 2.75) is 47.1 Å². The smallest absolute Gasteiger partial charge is 0.271 e. The quantitative estimate of drug-likeness (QED) is 0.701. The Kier molecular flexibility index (Phi) is 7.00. The van der Waals surface area contributed by atoms with Gasteiger partial charge in [0, 0.05) is 12.1 Å². The number of hydrogen-bond acceptors (Lipinski definition) is 5. The van der Waals surface area contributed by atoms with Crippen LogP contribution in [0.1, 0.15) is 60.7 Å². The number of unbranched alkanes of at least 4 members (excludes halogenated alkanes) is 1. The predicted molar refractivity (Wildman–Crippen MR) is 107 cm³/mol. The van der Waals surface area contributed by atoms with E-state index in [1.807, 2.05) is 26.8 Å². The van der Waals surface area contributed by atoms with E-state index >= 15 is 0 Å². The van der Waals surface area contributed by atoms with Crippen LogP contribution in [-0.2, 0) is 6.54 Å². The van der Waals surface area contributed by atoms with Crippen molar-refractivity contribution in [2.75, 3.05) is 6.61 Å². The van der Waals surface area contributed by atoms with Crippen LogP contribution >= 0.6 is 0 Å². The topological polar surface area (TPSA) is 92.3 Å². The van der Waals surface area contributed by atoms with Gasteiger partial charge < -0.3 is 9.84 Å². The van der Waals surface area contributed by atoms with Crippen molar-refractivity contribution in [2.24, 2.45) is 5.92 Å². The zero-order valence-electron chi connectivity index (χ0n) is 16.8. The highest BCUT2D eigenvalue weighted by Crippen LogP contribution is 2.26. The van der Waals surface area contributed by atoms with Gasteiger partial charge in [0.25, 0.3) is 5.56 Å². The molecular formula is C22H26N2O4. The standard InChI is InChI=1S/C22H26N2O4/c1-5-6-11-24-21(26)18(12-23)15(4)19(22(24)27)20(25)16-7-9-17(10-8-16)28-13-14(2)3/h7-10,14,27H,5-6,11,13H2,1-4H3. The fraction of sp³-hybridized carbons (Fsp3) is 0.409. The lowest BCUT2D eigenvalue weighted by atomic mass is 9.97. The minimum absolute atomic E-state index is 0.0110. The number of nitrogens with zero attached hydrogens (tertiary/aromatic N) is 2. The van der Waals surface area contributed by atoms with Gasteiger partial charge in [-0.2, -0.15) is 5.26 Å². The summed E-state index contributed by atoms with van der Waals surface area (Å²) in [5, 5.41) is 20.0. The molecule has 6 heteroatoms. The van der Waals surface area contributed by atoms with Crippen LogP contribution in [0, 0.1) is 24.2 Å². The van der Waals surface area contributed by atoms with Gasteiger partial charge >= 0.3 is 0 Å². The van der Waals surface area contributed by atoms with E-state index in [0.717, 1.165) is 11.0 Å². The third-order valence-corrected chi connectivity index (χ3v) is 4.46. The maximum absolute atomic E-state index is 13.0. The minimum atomic E-state index is -0.570. The summed E-state index contributed by atoms with van der Waals surface area (Å²) in [7, 11) is 0. The van der Waals surface area contributed by atoms with Gasteiger partial charge in [0.05, 0.1) is 12.2 Å². The molecule has 0 fully saturated rings. The van der Waals surface area contributed by atoms with Gasteiger partial charge in [0.15, 0.2) is 5.78 Å². The van der Waals surface area contributed by atoms with E-state index in [1.54, 1.807) is 24.3 Å². The second kappa shape index (κ2) is 9.23. The fourth-order valence-electron chi connectivity index (χ4n) is 2.86. The summed E-state index contributed by atoms with van der Waals surface area (Å²) in [6.45, 7) is 8.38. The maximum Gasteiger partial charge on any atom is 0.271 e. The molecule has 0 bridgehead atoms. The summed E-state index contributed by atoms with van der Waals surface area (Å²) in [4.78, 5) is 25.5. The van der Waals surface area contributed by atoms with Gasteiger partial charge in [-0.1, -0.05) is 27.2 Å². The fourth-order valence-corrected chi connectivity index (χ4v) is 2.86. The molecule has 1 heterocycles. The first-order valence-electron chi connectivity index (χ1n) is 9.45. The molecule has 0 aliphatic heterocycles. The van der Waals surface area contributed by atoms with Gasteiger partial charge in [-0.3, -0.25) is 14.2 Å². The Morgan fingerprint density at radius 3 is 2.46 bits per heavy atom. The van der Waals surface area contributed by atoms with Crippen LogP contribution in [-0.4, -0.2) is 22.1 Å². The first-order chi connectivity index (χ1) is 13.3. The SMILES string of the molecule is CCCCn1c(O)c(C(=O)c2ccc(OCC(C)C)cc2)c(C)c(C#N)c1=O. The van der Waals surface area contributed by atoms with Crippen LogP contribution in [0.2, 0.25) is 0 Å². The summed E-state index contributed by atoms with van der Waals surface area (Å²) < 4.78 is 6.74. The van der Waals surface area contributed by atoms with E-state index in [1.165, 1.54) is 6.92 Å². The second-order valence-electron chi connectivity index (χ2n) is 7.18. The molecule has 0 aliphatic rings. The predicted octanol–water partition coefficient (Wildman–Crippen LogP) is 3.80. The number of carbonyl (C=O) groups is 1. The zero-order valence-corrected chi connectivity index (χ0v) is 16.8. The molecule has 0 unspecified atom stereocenters. The average molecular weight is 382 g/mol. The van der Waals surface area contributed by atoms with Crippen molar-refractivity contribution in [1.29, 1.82) is 5.26 Å². The molecule has 2 aromatic rings. The molecule has 6 nitrogen and oxygen atoms in total. The lowest BCUT2D eigenvalue weighted by Gasteiger charge is -2.15. The van der Waals surface area contributed by atoms with E-state index in [4.69, 9.17) is 4.74 Å². The summed E-state index contributed by atoms with van der Waals surface area (Å²) >= 11 is 0. The van der Waals surface area contributed by atoms with Gasteiger partial charge in [-0.05, 0) is 49.1 Å². The van der Waals surface area contributed by atoms with Crippen molar-refractivity contribution in [3.8, 4) is 17.7 Å². The van der Waals surface area contributed by atoms with Crippen molar-refractivity contribution < 1.29 is 14.6 Å². The molecule has 1 aromatic carbocycles. The molecule has 28 heavy (non-hydrogen) atoms. The molecule has 0 atom stereocenters. The largest absolute Gasteiger partial charge is 0.494 e. The van der Waals surface area contributed by atoms with Gasteiger partial charge in [-0.15, -0.1) is 0 Å². The number of rotatable bonds is 8. The third kappa shape index (κ3) is 4.42. The number of benzene rings is 1. The van der Waals surface area contributed by atoms with Crippen LogP contribution in [0.25, 0.3) is 0 Å². The van der Waals surface area contributed by atoms with Gasteiger partial charge in [0.1, 0.15) is 17.4 Å². The molecule has 0 saturated carbocycles. The Morgan fingerprint density at radius 2 is 1.93 bits per heavy atom. The Hall–Kier alpha value is -3.07. The molecule has 2 rings (SSSR count). The summed E-state index contributed by atoms with van der Waals surface area (Å²) in [6, 6.07) is 8.49. The third-order valence-electron chi connectivity index (χ3n) is 4.46. The monoisotopic (exact) mass is 382 g/mol. The number of carbonyl (C=O) groups excluding carboxylic acids is 1. The van der Waals surface area contributed by atoms with Crippen molar-refractivity contribution in [3.05, 3.63) is 56.9 Å². The molecule has 0 spiro atoms. The van der Waals surface area contributed by atoms with Crippen molar-refractivity contribution >= 4 is 5.78 Å². The summed E-state index contributed by atoms with van der Waals surface area (Å²) in [5.74, 6) is 0.207. The van der Waals surface area contributed by atoms with E-state index in [0.29, 0.717) is 30.3 Å². The molecule has 1 aromatic heterocycles. The summed E-state index contributed by atoms with van der Waals surface area (Å²) in [5.41, 5.74) is -0.153. The number of aromatic nitrogens is 1. The van der Waals surface area contributed by atoms with Gasteiger partial charge in [0.2, 0.25) is 5.88 Å². The molecule has 0 saturated heterocycles. The minimum Gasteiger partial charge on any atom is -0.494 e. The average Bonchev–Trinajstić information content (AvgIpc) is 2.67. The molecule has 0 radical (unpaired) electrons. The van der Waals surface area contributed by atoms with Crippen LogP contribution in [0.5, 0.6) is 11.6 Å². The van der Waals surface area contributed by atoms with Crippen molar-refractivity contribution in [1.82, 2.24) is 4.57 Å². The van der Waals surface area contributed by atoms with Crippen LogP contribution in [0.4, 0.5) is 0 Å². The summed E-state index contributed by atoms with van der Waals surface area (Å²) in [6.07, 6.45) is 1.46. The van der Waals surface area contributed by atoms with Crippen LogP contribution < -0.4 is 10.3 Å². The molecule has 1 N–H and O–H groups in total. The lowest BCUT2D eigenvalue weighted by molar-refractivity contribution is 0.103. The van der Waals surface area contributed by atoms with Crippen molar-refractivity contribution in [3.63, 3.8) is 0 Å². The van der Waals surface area contributed by atoms with E-state index in [2.05, 4.69) is 0 Å². The Bertz CT molecular complexity index is 950. The number of ether oxygens (including phenoxy) is 1. The number of pyridine rings is 1. The maximum atomic E-state index is 13.0. The number of nitriles is 1. The first kappa shape index (κ1) is 21.2. The second-order valence-corrected chi connectivity index (χ2v) is 7.18. The number of hydrogen-bond donors (Lipinski definition) is 1. The normalized spacial score (nSPS) is 10.7. The highest BCUT2D eigenvalue weighted by molar-refractivity contribution is 6.11. The van der Waals surface area contributed by atoms with Crippen LogP contribution in [0.15, 0.2) is 29.1 Å². The highest BCUT2D eigenvalue weighted by Gasteiger charge is 2.24. The molecule has 0 aliphatic carbocycles. The lowest BCUT2D eigenvalue weighted by Crippen LogP contribution is -2.26. The number of ketones is 1. The van der Waals surface area contributed by atoms with E-state index in [-0.39, 0.29) is 29.1 Å². The van der Waals surface area contributed by atoms with Gasteiger partial charge in [-0.25, -0.2) is 0 Å². The van der Waals surface area contributed by atoms with E-state index in [9.17, 15) is 20.0 Å². The molecule has 148 valence electrons. The Morgan fingerprint density at radius 1 is 1.29 bits per heavy atom. The first-order valence-corrected chi connectivity index (χ1v) is 9.45. The van der Waals surface area contributed by atoms with Crippen LogP contribution in [0.3, 0.4) is 0 Å². The highest BCUT2D eigenvalue weighted by atomic mass is 16.5. The molecular weight excluding hydrogens is 356 g/mol. The molecule has 0 amide bonds. The van der Waals surface area contributed by atoms with E-state index < -0.39 is 11.3 Å². The Labute approximate surface area is 165 Å². The Balaban J connectivity index is 2.47. The number of aromatic hydroxyl groups is 1. The zero-order chi connectivity index (χ0) is 20.8.